The van der Waals surface area contributed by atoms with E-state index in [9.17, 15) is 25.0 Å². The Kier molecular flexibility index (Phi) is 7.50. The van der Waals surface area contributed by atoms with Crippen LogP contribution in [0, 0.1) is 20.2 Å². The molecule has 0 bridgehead atoms. The minimum Gasteiger partial charge on any atom is -0.461 e. The summed E-state index contributed by atoms with van der Waals surface area (Å²) in [6, 6.07) is 12.9. The van der Waals surface area contributed by atoms with Crippen LogP contribution in [0.25, 0.3) is 27.5 Å². The molecule has 0 aliphatic rings. The minimum absolute atomic E-state index is 0.00795. The summed E-state index contributed by atoms with van der Waals surface area (Å²) in [6.07, 6.45) is 1.54. The highest BCUT2D eigenvalue weighted by atomic mass is 32.1. The third-order valence-corrected chi connectivity index (χ3v) is 6.48. The lowest BCUT2D eigenvalue weighted by atomic mass is 10.1. The van der Waals surface area contributed by atoms with Crippen LogP contribution < -0.4 is 5.73 Å². The van der Waals surface area contributed by atoms with Crippen LogP contribution in [-0.2, 0) is 4.74 Å². The van der Waals surface area contributed by atoms with Gasteiger partial charge in [0.15, 0.2) is 15.8 Å². The Balaban J connectivity index is 0.000000186. The van der Waals surface area contributed by atoms with Crippen LogP contribution in [0.15, 0.2) is 65.5 Å². The van der Waals surface area contributed by atoms with Gasteiger partial charge >= 0.3 is 5.97 Å². The summed E-state index contributed by atoms with van der Waals surface area (Å²) in [5.41, 5.74) is 7.86. The Bertz CT molecular complexity index is 1610. The number of carbonyl (C=O) groups is 1. The Hall–Kier alpha value is -4.69. The van der Waals surface area contributed by atoms with Gasteiger partial charge in [-0.3, -0.25) is 24.6 Å². The van der Waals surface area contributed by atoms with Crippen LogP contribution in [-0.4, -0.2) is 36.8 Å². The fourth-order valence-corrected chi connectivity index (χ4v) is 4.83. The first-order chi connectivity index (χ1) is 17.8. The van der Waals surface area contributed by atoms with Gasteiger partial charge in [-0.2, -0.15) is 0 Å². The minimum atomic E-state index is -0.507. The second kappa shape index (κ2) is 10.9. The van der Waals surface area contributed by atoms with E-state index in [2.05, 4.69) is 9.97 Å². The molecule has 3 aromatic heterocycles. The molecule has 12 nitrogen and oxygen atoms in total. The first-order valence-electron chi connectivity index (χ1n) is 10.6. The molecule has 188 valence electrons. The van der Waals surface area contributed by atoms with Crippen molar-refractivity contribution in [1.29, 1.82) is 0 Å². The third-order valence-electron chi connectivity index (χ3n) is 4.97. The third kappa shape index (κ3) is 5.44. The van der Waals surface area contributed by atoms with E-state index in [0.717, 1.165) is 0 Å². The number of nitrogens with two attached hydrogens (primary N) is 1. The summed E-state index contributed by atoms with van der Waals surface area (Å²) in [7, 11) is 0. The average molecular weight is 539 g/mol. The number of aromatic nitrogens is 3. The molecule has 0 spiro atoms. The van der Waals surface area contributed by atoms with E-state index in [1.165, 1.54) is 41.0 Å². The maximum Gasteiger partial charge on any atom is 0.358 e. The highest BCUT2D eigenvalue weighted by Gasteiger charge is 2.20. The topological polar surface area (TPSA) is 169 Å². The van der Waals surface area contributed by atoms with Crippen molar-refractivity contribution < 1.29 is 19.4 Å². The molecule has 0 aliphatic carbocycles. The maximum atomic E-state index is 11.7. The number of nitro benzene ring substituents is 2. The normalized spacial score (nSPS) is 10.5. The second-order valence-corrected chi connectivity index (χ2v) is 8.97. The first-order valence-corrected chi connectivity index (χ1v) is 12.4. The molecule has 2 N–H and O–H groups in total. The summed E-state index contributed by atoms with van der Waals surface area (Å²) < 4.78 is 6.58. The number of nitrogen functional groups attached to an aromatic ring is 1. The van der Waals surface area contributed by atoms with Crippen molar-refractivity contribution in [3.05, 3.63) is 91.4 Å². The highest BCUT2D eigenvalue weighted by Crippen LogP contribution is 2.33. The van der Waals surface area contributed by atoms with E-state index in [-0.39, 0.29) is 23.7 Å². The number of carbonyl (C=O) groups excluding carboxylic acids is 1. The van der Waals surface area contributed by atoms with E-state index in [4.69, 9.17) is 10.5 Å². The maximum absolute atomic E-state index is 11.7. The van der Waals surface area contributed by atoms with Gasteiger partial charge in [-0.25, -0.2) is 14.8 Å². The molecular weight excluding hydrogens is 520 g/mol. The molecule has 14 heteroatoms. The van der Waals surface area contributed by atoms with Crippen LogP contribution in [0.2, 0.25) is 0 Å². The number of anilines is 1. The lowest BCUT2D eigenvalue weighted by molar-refractivity contribution is -0.384. The molecular formula is C23H18N6O6S2. The molecule has 5 aromatic rings. The quantitative estimate of drug-likeness (QED) is 0.168. The van der Waals surface area contributed by atoms with Gasteiger partial charge in [0.05, 0.1) is 39.0 Å². The first kappa shape index (κ1) is 25.4. The molecule has 0 saturated heterocycles. The van der Waals surface area contributed by atoms with E-state index >= 15 is 0 Å². The standard InChI is InChI=1S/C14H11N3O4S.C9H7N3O2S/c1-2-21-13(18)10-7-16-12(8-22-14(16)15-10)9-5-3-4-6-11(9)17(19)20;10-9-11-7(5-15-9)6-3-1-2-4-8(6)12(13)14/h3-8H,2H2,1H3;1-5H,(H2,10,11). The summed E-state index contributed by atoms with van der Waals surface area (Å²) in [5, 5.41) is 25.8. The lowest BCUT2D eigenvalue weighted by Crippen LogP contribution is -2.04. The number of rotatable bonds is 6. The van der Waals surface area contributed by atoms with Crippen molar-refractivity contribution >= 4 is 50.1 Å². The van der Waals surface area contributed by atoms with Crippen molar-refractivity contribution in [3.63, 3.8) is 0 Å². The molecule has 0 radical (unpaired) electrons. The summed E-state index contributed by atoms with van der Waals surface area (Å²) in [5.74, 6) is -0.507. The Labute approximate surface area is 216 Å². The van der Waals surface area contributed by atoms with Crippen molar-refractivity contribution in [2.24, 2.45) is 0 Å². The van der Waals surface area contributed by atoms with Crippen LogP contribution in [0.5, 0.6) is 0 Å². The predicted octanol–water partition coefficient (Wildman–Crippen LogP) is 5.45. The Morgan fingerprint density at radius 3 is 2.19 bits per heavy atom. The van der Waals surface area contributed by atoms with Gasteiger partial charge in [0.1, 0.15) is 0 Å². The summed E-state index contributed by atoms with van der Waals surface area (Å²) >= 11 is 2.57. The number of hydrogen-bond acceptors (Lipinski definition) is 11. The number of benzene rings is 2. The molecule has 0 amide bonds. The Morgan fingerprint density at radius 1 is 0.973 bits per heavy atom. The highest BCUT2D eigenvalue weighted by molar-refractivity contribution is 7.15. The Morgan fingerprint density at radius 2 is 1.59 bits per heavy atom. The van der Waals surface area contributed by atoms with Gasteiger partial charge in [-0.15, -0.1) is 22.7 Å². The zero-order chi connectivity index (χ0) is 26.5. The molecule has 5 rings (SSSR count). The van der Waals surface area contributed by atoms with E-state index < -0.39 is 15.8 Å². The summed E-state index contributed by atoms with van der Waals surface area (Å²) in [6.45, 7) is 1.98. The molecule has 0 saturated carbocycles. The van der Waals surface area contributed by atoms with E-state index in [1.807, 2.05) is 0 Å². The monoisotopic (exact) mass is 538 g/mol. The van der Waals surface area contributed by atoms with E-state index in [0.29, 0.717) is 32.6 Å². The molecule has 3 heterocycles. The van der Waals surface area contributed by atoms with Crippen LogP contribution in [0.3, 0.4) is 0 Å². The number of para-hydroxylation sites is 2. The van der Waals surface area contributed by atoms with Gasteiger partial charge in [0.25, 0.3) is 11.4 Å². The number of ether oxygens (including phenoxy) is 1. The molecule has 2 aromatic carbocycles. The molecule has 0 atom stereocenters. The van der Waals surface area contributed by atoms with Gasteiger partial charge in [-0.1, -0.05) is 24.3 Å². The lowest BCUT2D eigenvalue weighted by Gasteiger charge is -2.01. The molecule has 0 fully saturated rings. The molecule has 37 heavy (non-hydrogen) atoms. The van der Waals surface area contributed by atoms with E-state index in [1.54, 1.807) is 58.5 Å². The van der Waals surface area contributed by atoms with Crippen LogP contribution in [0.1, 0.15) is 17.4 Å². The van der Waals surface area contributed by atoms with Crippen LogP contribution in [0.4, 0.5) is 16.5 Å². The zero-order valence-corrected chi connectivity index (χ0v) is 20.8. The number of thiazole rings is 2. The number of fused-ring (bicyclic) bond motifs is 1. The van der Waals surface area contributed by atoms with Crippen molar-refractivity contribution in [2.75, 3.05) is 12.3 Å². The average Bonchev–Trinajstić information content (AvgIpc) is 3.60. The number of nitrogens with zero attached hydrogens (tertiary/aromatic N) is 5. The number of hydrogen-bond donors (Lipinski definition) is 1. The molecule has 0 unspecified atom stereocenters. The fourth-order valence-electron chi connectivity index (χ4n) is 3.39. The van der Waals surface area contributed by atoms with Gasteiger partial charge in [0.2, 0.25) is 0 Å². The summed E-state index contributed by atoms with van der Waals surface area (Å²) in [4.78, 5) is 41.6. The number of imidazole rings is 1. The SMILES string of the molecule is CCOC(=O)c1cn2c(-c3ccccc3[N+](=O)[O-])csc2n1.Nc1nc(-c2ccccc2[N+](=O)[O-])cs1. The van der Waals surface area contributed by atoms with Crippen molar-refractivity contribution in [1.82, 2.24) is 14.4 Å². The second-order valence-electron chi connectivity index (χ2n) is 7.24. The number of nitro groups is 2. The largest absolute Gasteiger partial charge is 0.461 e. The number of esters is 1. The van der Waals surface area contributed by atoms with Gasteiger partial charge in [0, 0.05) is 29.1 Å². The van der Waals surface area contributed by atoms with Gasteiger partial charge in [-0.05, 0) is 19.1 Å². The smallest absolute Gasteiger partial charge is 0.358 e. The predicted molar refractivity (Wildman–Crippen MR) is 140 cm³/mol. The molecule has 0 aliphatic heterocycles. The fraction of sp³-hybridized carbons (Fsp3) is 0.0870. The van der Waals surface area contributed by atoms with Crippen molar-refractivity contribution in [2.45, 2.75) is 6.92 Å². The van der Waals surface area contributed by atoms with Crippen molar-refractivity contribution in [3.8, 4) is 22.5 Å². The zero-order valence-electron chi connectivity index (χ0n) is 19.1. The van der Waals surface area contributed by atoms with Crippen LogP contribution >= 0.6 is 22.7 Å². The van der Waals surface area contributed by atoms with Gasteiger partial charge < -0.3 is 10.5 Å².